The third-order valence-corrected chi connectivity index (χ3v) is 3.05. The number of halogens is 1. The fourth-order valence-electron chi connectivity index (χ4n) is 1.94. The Balaban J connectivity index is 2.12. The Bertz CT molecular complexity index is 571. The van der Waals surface area contributed by atoms with Crippen LogP contribution in [0.1, 0.15) is 30.3 Å². The molecule has 5 nitrogen and oxygen atoms in total. The van der Waals surface area contributed by atoms with Gasteiger partial charge >= 0.3 is 0 Å². The van der Waals surface area contributed by atoms with Gasteiger partial charge in [-0.05, 0) is 43.5 Å². The lowest BCUT2D eigenvalue weighted by Gasteiger charge is -2.05. The van der Waals surface area contributed by atoms with Gasteiger partial charge in [0.2, 0.25) is 11.7 Å². The molecule has 6 heteroatoms. The molecule has 0 saturated carbocycles. The molecule has 0 spiro atoms. The summed E-state index contributed by atoms with van der Waals surface area (Å²) < 4.78 is 23.2. The molecule has 108 valence electrons. The molecule has 2 rings (SSSR count). The van der Waals surface area contributed by atoms with Crippen LogP contribution in [0.3, 0.4) is 0 Å². The molecule has 0 aliphatic rings. The van der Waals surface area contributed by atoms with E-state index in [0.29, 0.717) is 24.7 Å². The van der Waals surface area contributed by atoms with E-state index in [2.05, 4.69) is 10.1 Å². The minimum absolute atomic E-state index is 0.286. The number of rotatable bonds is 6. The van der Waals surface area contributed by atoms with Crippen LogP contribution < -0.4 is 5.73 Å². The number of methoxy groups -OCH3 is 1. The van der Waals surface area contributed by atoms with Crippen LogP contribution in [0.4, 0.5) is 4.39 Å². The van der Waals surface area contributed by atoms with Gasteiger partial charge in [0.25, 0.3) is 0 Å². The molecule has 1 unspecified atom stereocenters. The topological polar surface area (TPSA) is 74.2 Å². The van der Waals surface area contributed by atoms with Gasteiger partial charge in [-0.1, -0.05) is 5.16 Å². The molecule has 2 N–H and O–H groups in total. The first-order valence-electron chi connectivity index (χ1n) is 6.46. The van der Waals surface area contributed by atoms with Crippen molar-refractivity contribution in [2.45, 2.75) is 25.8 Å². The molecule has 1 atom stereocenters. The third kappa shape index (κ3) is 3.40. The van der Waals surface area contributed by atoms with Gasteiger partial charge in [0, 0.05) is 19.3 Å². The largest absolute Gasteiger partial charge is 0.385 e. The summed E-state index contributed by atoms with van der Waals surface area (Å²) in [5.41, 5.74) is 7.47. The first-order valence-corrected chi connectivity index (χ1v) is 6.46. The summed E-state index contributed by atoms with van der Waals surface area (Å²) in [5, 5.41) is 3.91. The van der Waals surface area contributed by atoms with Crippen molar-refractivity contribution in [3.8, 4) is 11.4 Å². The summed E-state index contributed by atoms with van der Waals surface area (Å²) in [4.78, 5) is 4.28. The van der Waals surface area contributed by atoms with E-state index in [0.717, 1.165) is 17.5 Å². The van der Waals surface area contributed by atoms with E-state index in [1.807, 2.05) is 0 Å². The van der Waals surface area contributed by atoms with Crippen LogP contribution in [0.15, 0.2) is 22.7 Å². The molecule has 2 aromatic rings. The van der Waals surface area contributed by atoms with Crippen LogP contribution in [0.25, 0.3) is 11.4 Å². The molecule has 0 saturated heterocycles. The van der Waals surface area contributed by atoms with Crippen molar-refractivity contribution in [1.82, 2.24) is 10.1 Å². The maximum atomic E-state index is 13.1. The van der Waals surface area contributed by atoms with Gasteiger partial charge in [0.1, 0.15) is 5.82 Å². The van der Waals surface area contributed by atoms with Crippen molar-refractivity contribution < 1.29 is 13.7 Å². The summed E-state index contributed by atoms with van der Waals surface area (Å²) in [6.07, 6.45) is 1.53. The molecule has 1 aromatic heterocycles. The van der Waals surface area contributed by atoms with Crippen molar-refractivity contribution in [2.75, 3.05) is 13.7 Å². The number of nitrogens with two attached hydrogens (primary N) is 1. The van der Waals surface area contributed by atoms with E-state index in [1.54, 1.807) is 20.1 Å². The number of hydrogen-bond acceptors (Lipinski definition) is 5. The Kier molecular flexibility index (Phi) is 4.81. The molecule has 1 aromatic carbocycles. The van der Waals surface area contributed by atoms with E-state index in [1.165, 1.54) is 12.1 Å². The fraction of sp³-hybridized carbons (Fsp3) is 0.429. The lowest BCUT2D eigenvalue weighted by atomic mass is 10.1. The zero-order chi connectivity index (χ0) is 14.5. The molecule has 0 bridgehead atoms. The Hall–Kier alpha value is -1.79. The number of hydrogen-bond donors (Lipinski definition) is 1. The highest BCUT2D eigenvalue weighted by Crippen LogP contribution is 2.23. The van der Waals surface area contributed by atoms with Crippen LogP contribution >= 0.6 is 0 Å². The second-order valence-corrected chi connectivity index (χ2v) is 4.66. The van der Waals surface area contributed by atoms with Crippen molar-refractivity contribution in [3.05, 3.63) is 35.5 Å². The number of aryl methyl sites for hydroxylation is 1. The SMILES string of the molecule is COCCCC(N)c1nc(-c2ccc(F)cc2C)no1. The van der Waals surface area contributed by atoms with Crippen molar-refractivity contribution in [2.24, 2.45) is 5.73 Å². The molecule has 0 radical (unpaired) electrons. The predicted octanol–water partition coefficient (Wildman–Crippen LogP) is 2.61. The maximum Gasteiger partial charge on any atom is 0.243 e. The maximum absolute atomic E-state index is 13.1. The second kappa shape index (κ2) is 6.58. The van der Waals surface area contributed by atoms with Gasteiger partial charge in [0.05, 0.1) is 6.04 Å². The molecular weight excluding hydrogens is 261 g/mol. The fourth-order valence-corrected chi connectivity index (χ4v) is 1.94. The van der Waals surface area contributed by atoms with Gasteiger partial charge in [0.15, 0.2) is 0 Å². The Morgan fingerprint density at radius 2 is 2.25 bits per heavy atom. The Morgan fingerprint density at radius 3 is 2.95 bits per heavy atom. The average molecular weight is 279 g/mol. The molecular formula is C14H18FN3O2. The molecule has 0 fully saturated rings. The molecule has 0 aliphatic heterocycles. The van der Waals surface area contributed by atoms with Crippen LogP contribution in [-0.2, 0) is 4.74 Å². The molecule has 20 heavy (non-hydrogen) atoms. The third-order valence-electron chi connectivity index (χ3n) is 3.05. The minimum atomic E-state index is -0.313. The Morgan fingerprint density at radius 1 is 1.45 bits per heavy atom. The zero-order valence-corrected chi connectivity index (χ0v) is 11.6. The first kappa shape index (κ1) is 14.6. The van der Waals surface area contributed by atoms with E-state index in [9.17, 15) is 4.39 Å². The summed E-state index contributed by atoms with van der Waals surface area (Å²) in [6, 6.07) is 4.13. The monoisotopic (exact) mass is 279 g/mol. The van der Waals surface area contributed by atoms with Crippen LogP contribution in [-0.4, -0.2) is 23.9 Å². The van der Waals surface area contributed by atoms with Gasteiger partial charge in [-0.25, -0.2) is 4.39 Å². The van der Waals surface area contributed by atoms with Gasteiger partial charge in [-0.3, -0.25) is 0 Å². The second-order valence-electron chi connectivity index (χ2n) is 4.66. The van der Waals surface area contributed by atoms with Crippen LogP contribution in [0, 0.1) is 12.7 Å². The first-order chi connectivity index (χ1) is 9.61. The summed E-state index contributed by atoms with van der Waals surface area (Å²) in [6.45, 7) is 2.44. The number of benzene rings is 1. The smallest absolute Gasteiger partial charge is 0.243 e. The summed E-state index contributed by atoms with van der Waals surface area (Å²) >= 11 is 0. The minimum Gasteiger partial charge on any atom is -0.385 e. The summed E-state index contributed by atoms with van der Waals surface area (Å²) in [5.74, 6) is 0.533. The zero-order valence-electron chi connectivity index (χ0n) is 11.6. The number of aromatic nitrogens is 2. The highest BCUT2D eigenvalue weighted by atomic mass is 19.1. The van der Waals surface area contributed by atoms with Crippen molar-refractivity contribution in [3.63, 3.8) is 0 Å². The molecule has 1 heterocycles. The lowest BCUT2D eigenvalue weighted by molar-refractivity contribution is 0.188. The molecule has 0 aliphatic carbocycles. The lowest BCUT2D eigenvalue weighted by Crippen LogP contribution is -2.11. The van der Waals surface area contributed by atoms with Crippen LogP contribution in [0.2, 0.25) is 0 Å². The van der Waals surface area contributed by atoms with Crippen molar-refractivity contribution >= 4 is 0 Å². The predicted molar refractivity (Wildman–Crippen MR) is 72.5 cm³/mol. The average Bonchev–Trinajstić information content (AvgIpc) is 2.88. The van der Waals surface area contributed by atoms with E-state index in [-0.39, 0.29) is 11.9 Å². The number of ether oxygens (including phenoxy) is 1. The summed E-state index contributed by atoms with van der Waals surface area (Å²) in [7, 11) is 1.65. The van der Waals surface area contributed by atoms with E-state index in [4.69, 9.17) is 15.0 Å². The standard InChI is InChI=1S/C14H18FN3O2/c1-9-8-10(15)5-6-11(9)13-17-14(20-18-13)12(16)4-3-7-19-2/h5-6,8,12H,3-4,7,16H2,1-2H3. The highest BCUT2D eigenvalue weighted by molar-refractivity contribution is 5.59. The molecule has 0 amide bonds. The van der Waals surface area contributed by atoms with Crippen molar-refractivity contribution in [1.29, 1.82) is 0 Å². The van der Waals surface area contributed by atoms with E-state index < -0.39 is 0 Å². The van der Waals surface area contributed by atoms with E-state index >= 15 is 0 Å². The van der Waals surface area contributed by atoms with Gasteiger partial charge < -0.3 is 15.0 Å². The quantitative estimate of drug-likeness (QED) is 0.823. The normalized spacial score (nSPS) is 12.6. The van der Waals surface area contributed by atoms with Crippen LogP contribution in [0.5, 0.6) is 0 Å². The number of nitrogens with zero attached hydrogens (tertiary/aromatic N) is 2. The van der Waals surface area contributed by atoms with Gasteiger partial charge in [-0.15, -0.1) is 0 Å². The highest BCUT2D eigenvalue weighted by Gasteiger charge is 2.16. The Labute approximate surface area is 116 Å². The van der Waals surface area contributed by atoms with Gasteiger partial charge in [-0.2, -0.15) is 4.98 Å².